The van der Waals surface area contributed by atoms with Gasteiger partial charge in [0.1, 0.15) is 0 Å². The molecule has 1 aliphatic rings. The van der Waals surface area contributed by atoms with Crippen LogP contribution in [0.15, 0.2) is 48.5 Å². The average molecular weight is 309 g/mol. The van der Waals surface area contributed by atoms with Crippen LogP contribution in [0.5, 0.6) is 0 Å². The molecule has 0 radical (unpaired) electrons. The van der Waals surface area contributed by atoms with Crippen LogP contribution in [0.4, 0.5) is 0 Å². The number of amides is 1. The van der Waals surface area contributed by atoms with Crippen LogP contribution in [0.1, 0.15) is 41.7 Å². The Balaban J connectivity index is 1.76. The molecule has 1 unspecified atom stereocenters. The van der Waals surface area contributed by atoms with Gasteiger partial charge in [0.15, 0.2) is 0 Å². The molecule has 120 valence electrons. The van der Waals surface area contributed by atoms with Crippen molar-refractivity contribution < 1.29 is 9.90 Å². The van der Waals surface area contributed by atoms with Gasteiger partial charge in [0.2, 0.25) is 5.91 Å². The van der Waals surface area contributed by atoms with E-state index >= 15 is 0 Å². The van der Waals surface area contributed by atoms with Crippen molar-refractivity contribution in [1.29, 1.82) is 0 Å². The first-order chi connectivity index (χ1) is 11.2. The normalized spacial score (nSPS) is 15.1. The molecule has 0 aliphatic carbocycles. The Morgan fingerprint density at radius 2 is 1.96 bits per heavy atom. The smallest absolute Gasteiger partial charge is 0.222 e. The maximum atomic E-state index is 11.9. The minimum Gasteiger partial charge on any atom is -0.388 e. The summed E-state index contributed by atoms with van der Waals surface area (Å²) in [7, 11) is 0. The molecule has 0 aromatic heterocycles. The van der Waals surface area contributed by atoms with Gasteiger partial charge in [-0.05, 0) is 28.7 Å². The molecule has 0 spiro atoms. The van der Waals surface area contributed by atoms with Crippen LogP contribution in [-0.2, 0) is 24.2 Å². The van der Waals surface area contributed by atoms with Crippen molar-refractivity contribution in [3.63, 3.8) is 0 Å². The summed E-state index contributed by atoms with van der Waals surface area (Å²) in [6.45, 7) is 3.36. The van der Waals surface area contributed by atoms with E-state index in [0.29, 0.717) is 19.4 Å². The van der Waals surface area contributed by atoms with Gasteiger partial charge in [-0.1, -0.05) is 55.5 Å². The van der Waals surface area contributed by atoms with E-state index in [4.69, 9.17) is 0 Å². The van der Waals surface area contributed by atoms with E-state index in [2.05, 4.69) is 12.1 Å². The van der Waals surface area contributed by atoms with E-state index in [1.165, 1.54) is 11.1 Å². The summed E-state index contributed by atoms with van der Waals surface area (Å²) in [5, 5.41) is 10.5. The topological polar surface area (TPSA) is 40.5 Å². The van der Waals surface area contributed by atoms with Gasteiger partial charge in [-0.3, -0.25) is 4.79 Å². The van der Waals surface area contributed by atoms with E-state index in [9.17, 15) is 9.90 Å². The number of carbonyl (C=O) groups is 1. The van der Waals surface area contributed by atoms with Crippen LogP contribution in [0.3, 0.4) is 0 Å². The third-order valence-corrected chi connectivity index (χ3v) is 4.55. The lowest BCUT2D eigenvalue weighted by molar-refractivity contribution is -0.131. The third kappa shape index (κ3) is 3.62. The molecular weight excluding hydrogens is 286 g/mol. The van der Waals surface area contributed by atoms with Gasteiger partial charge in [0, 0.05) is 25.9 Å². The number of aliphatic hydroxyl groups excluding tert-OH is 1. The monoisotopic (exact) mass is 309 g/mol. The van der Waals surface area contributed by atoms with Crippen molar-refractivity contribution in [2.24, 2.45) is 0 Å². The van der Waals surface area contributed by atoms with Gasteiger partial charge in [0.05, 0.1) is 6.10 Å². The fourth-order valence-electron chi connectivity index (χ4n) is 3.18. The first kappa shape index (κ1) is 15.8. The highest BCUT2D eigenvalue weighted by Gasteiger charge is 2.20. The van der Waals surface area contributed by atoms with Crippen molar-refractivity contribution in [1.82, 2.24) is 4.90 Å². The van der Waals surface area contributed by atoms with Crippen LogP contribution in [0, 0.1) is 0 Å². The Kier molecular flexibility index (Phi) is 4.77. The Bertz CT molecular complexity index is 681. The molecule has 0 saturated carbocycles. The Labute approximate surface area is 137 Å². The summed E-state index contributed by atoms with van der Waals surface area (Å²) >= 11 is 0. The molecule has 1 heterocycles. The number of benzene rings is 2. The zero-order valence-corrected chi connectivity index (χ0v) is 13.5. The fourth-order valence-corrected chi connectivity index (χ4v) is 3.18. The highest BCUT2D eigenvalue weighted by Crippen LogP contribution is 2.25. The fraction of sp³-hybridized carbons (Fsp3) is 0.350. The Hall–Kier alpha value is -2.13. The standard InChI is InChI=1S/C20H23NO2/c1-2-20(23)21-11-10-16-8-9-17(13-18(16)14-21)19(22)12-15-6-4-3-5-7-15/h3-9,13,19,22H,2,10-12,14H2,1H3. The zero-order chi connectivity index (χ0) is 16.2. The van der Waals surface area contributed by atoms with Gasteiger partial charge >= 0.3 is 0 Å². The molecule has 1 aliphatic heterocycles. The molecular formula is C20H23NO2. The molecule has 2 aromatic carbocycles. The summed E-state index contributed by atoms with van der Waals surface area (Å²) in [6.07, 6.45) is 1.54. The van der Waals surface area contributed by atoms with E-state index in [1.807, 2.05) is 48.2 Å². The van der Waals surface area contributed by atoms with Gasteiger partial charge in [-0.15, -0.1) is 0 Å². The minimum atomic E-state index is -0.514. The molecule has 1 N–H and O–H groups in total. The lowest BCUT2D eigenvalue weighted by Gasteiger charge is -2.29. The van der Waals surface area contributed by atoms with Crippen molar-refractivity contribution in [3.8, 4) is 0 Å². The molecule has 23 heavy (non-hydrogen) atoms. The second-order valence-corrected chi connectivity index (χ2v) is 6.15. The molecule has 1 atom stereocenters. The number of aliphatic hydroxyl groups is 1. The largest absolute Gasteiger partial charge is 0.388 e. The maximum Gasteiger partial charge on any atom is 0.222 e. The maximum absolute atomic E-state index is 11.9. The minimum absolute atomic E-state index is 0.200. The van der Waals surface area contributed by atoms with Gasteiger partial charge in [-0.2, -0.15) is 0 Å². The lowest BCUT2D eigenvalue weighted by atomic mass is 9.93. The van der Waals surface area contributed by atoms with Crippen molar-refractivity contribution >= 4 is 5.91 Å². The lowest BCUT2D eigenvalue weighted by Crippen LogP contribution is -2.35. The summed E-state index contributed by atoms with van der Waals surface area (Å²) in [5.74, 6) is 0.200. The summed E-state index contributed by atoms with van der Waals surface area (Å²) in [6, 6.07) is 16.2. The van der Waals surface area contributed by atoms with Crippen LogP contribution in [0.2, 0.25) is 0 Å². The predicted octanol–water partition coefficient (Wildman–Crippen LogP) is 3.26. The number of nitrogens with zero attached hydrogens (tertiary/aromatic N) is 1. The number of hydrogen-bond donors (Lipinski definition) is 1. The molecule has 1 amide bonds. The first-order valence-electron chi connectivity index (χ1n) is 8.29. The van der Waals surface area contributed by atoms with E-state index < -0.39 is 6.10 Å². The molecule has 0 bridgehead atoms. The highest BCUT2D eigenvalue weighted by molar-refractivity contribution is 5.76. The molecule has 0 saturated heterocycles. The predicted molar refractivity (Wildman–Crippen MR) is 91.0 cm³/mol. The van der Waals surface area contributed by atoms with Gasteiger partial charge < -0.3 is 10.0 Å². The van der Waals surface area contributed by atoms with E-state index in [0.717, 1.165) is 24.1 Å². The first-order valence-corrected chi connectivity index (χ1v) is 8.29. The third-order valence-electron chi connectivity index (χ3n) is 4.55. The van der Waals surface area contributed by atoms with Gasteiger partial charge in [-0.25, -0.2) is 0 Å². The van der Waals surface area contributed by atoms with E-state index in [-0.39, 0.29) is 5.91 Å². The van der Waals surface area contributed by atoms with E-state index in [1.54, 1.807) is 0 Å². The second-order valence-electron chi connectivity index (χ2n) is 6.15. The molecule has 3 heteroatoms. The zero-order valence-electron chi connectivity index (χ0n) is 13.5. The molecule has 0 fully saturated rings. The molecule has 3 nitrogen and oxygen atoms in total. The van der Waals surface area contributed by atoms with Crippen molar-refractivity contribution in [2.75, 3.05) is 6.54 Å². The number of fused-ring (bicyclic) bond motifs is 1. The van der Waals surface area contributed by atoms with Crippen LogP contribution >= 0.6 is 0 Å². The van der Waals surface area contributed by atoms with Gasteiger partial charge in [0.25, 0.3) is 0 Å². The SMILES string of the molecule is CCC(=O)N1CCc2ccc(C(O)Cc3ccccc3)cc2C1. The summed E-state index contributed by atoms with van der Waals surface area (Å²) < 4.78 is 0. The van der Waals surface area contributed by atoms with Crippen LogP contribution in [-0.4, -0.2) is 22.5 Å². The van der Waals surface area contributed by atoms with Crippen LogP contribution < -0.4 is 0 Å². The Morgan fingerprint density at radius 1 is 1.17 bits per heavy atom. The van der Waals surface area contributed by atoms with Crippen molar-refractivity contribution in [2.45, 2.75) is 38.8 Å². The van der Waals surface area contributed by atoms with Crippen molar-refractivity contribution in [3.05, 3.63) is 70.8 Å². The summed E-state index contributed by atoms with van der Waals surface area (Å²) in [4.78, 5) is 13.8. The Morgan fingerprint density at radius 3 is 2.70 bits per heavy atom. The number of rotatable bonds is 4. The average Bonchev–Trinajstić information content (AvgIpc) is 2.60. The molecule has 2 aromatic rings. The quantitative estimate of drug-likeness (QED) is 0.942. The van der Waals surface area contributed by atoms with Crippen LogP contribution in [0.25, 0.3) is 0 Å². The second kappa shape index (κ2) is 6.97. The number of carbonyl (C=O) groups excluding carboxylic acids is 1. The summed E-state index contributed by atoms with van der Waals surface area (Å²) in [5.41, 5.74) is 4.52. The number of hydrogen-bond acceptors (Lipinski definition) is 2. The highest BCUT2D eigenvalue weighted by atomic mass is 16.3. The molecule has 3 rings (SSSR count).